The Balaban J connectivity index is 0. The standard InChI is InChI=1S/C12H15N.C12H16N.4C2H6/c1-12(2,3)10-6-4-8-13-9-5-7-11(10)13;1-12(2,3)11-8-4-6-10-7-5-9-13(10)11;4*1-2/h4-9H,1-3H3;4-10H,1-3H3;4*1-2H3/q;+1;;;;. The van der Waals surface area contributed by atoms with E-state index in [4.69, 9.17) is 0 Å². The minimum Gasteiger partial charge on any atom is -0.324 e. The molecule has 0 aliphatic carbocycles. The molecule has 0 saturated carbocycles. The smallest absolute Gasteiger partial charge is 0.196 e. The Bertz CT molecular complexity index is 906. The fourth-order valence-corrected chi connectivity index (χ4v) is 3.53. The van der Waals surface area contributed by atoms with Crippen molar-refractivity contribution >= 4 is 11.7 Å². The molecular weight excluding hydrogens is 412 g/mol. The topological polar surface area (TPSA) is 7.42 Å². The Labute approximate surface area is 212 Å². The van der Waals surface area contributed by atoms with E-state index in [0.717, 1.165) is 0 Å². The molecule has 2 aliphatic heterocycles. The number of allylic oxidation sites excluding steroid dienone is 4. The fraction of sp³-hybridized carbons (Fsp3) is 0.531. The molecule has 0 spiro atoms. The predicted octanol–water partition coefficient (Wildman–Crippen LogP) is 9.85. The molecule has 2 nitrogen and oxygen atoms in total. The lowest BCUT2D eigenvalue weighted by atomic mass is 9.87. The molecule has 0 bridgehead atoms. The van der Waals surface area contributed by atoms with Gasteiger partial charge in [-0.2, -0.15) is 4.58 Å². The van der Waals surface area contributed by atoms with E-state index in [2.05, 4.69) is 124 Å². The van der Waals surface area contributed by atoms with E-state index in [1.807, 2.05) is 55.4 Å². The predicted molar refractivity (Wildman–Crippen MR) is 157 cm³/mol. The quantitative estimate of drug-likeness (QED) is 0.340. The van der Waals surface area contributed by atoms with Crippen LogP contribution in [0.1, 0.15) is 102 Å². The van der Waals surface area contributed by atoms with Crippen LogP contribution in [0, 0.1) is 5.41 Å². The molecule has 0 saturated heterocycles. The van der Waals surface area contributed by atoms with Gasteiger partial charge in [-0.1, -0.05) is 109 Å². The first-order valence-corrected chi connectivity index (χ1v) is 13.4. The van der Waals surface area contributed by atoms with Crippen molar-refractivity contribution in [2.75, 3.05) is 0 Å². The monoisotopic (exact) mass is 467 g/mol. The molecule has 1 atom stereocenters. The highest BCUT2D eigenvalue weighted by Gasteiger charge is 2.33. The number of hydrogen-bond acceptors (Lipinski definition) is 0. The highest BCUT2D eigenvalue weighted by atomic mass is 15.1. The van der Waals surface area contributed by atoms with Crippen molar-refractivity contribution < 1.29 is 4.58 Å². The van der Waals surface area contributed by atoms with Gasteiger partial charge in [0.1, 0.15) is 0 Å². The zero-order chi connectivity index (χ0) is 26.9. The van der Waals surface area contributed by atoms with Crippen molar-refractivity contribution in [3.8, 4) is 0 Å². The summed E-state index contributed by atoms with van der Waals surface area (Å²) in [5.41, 5.74) is 4.56. The molecule has 0 N–H and O–H groups in total. The van der Waals surface area contributed by atoms with Crippen molar-refractivity contribution in [2.24, 2.45) is 5.41 Å². The van der Waals surface area contributed by atoms with Gasteiger partial charge in [-0.05, 0) is 41.3 Å². The average Bonchev–Trinajstić information content (AvgIpc) is 3.52. The van der Waals surface area contributed by atoms with Crippen molar-refractivity contribution in [1.82, 2.24) is 4.40 Å². The maximum Gasteiger partial charge on any atom is 0.196 e. The molecule has 2 aromatic rings. The number of fused-ring (bicyclic) bond motifs is 2. The molecule has 2 aromatic heterocycles. The van der Waals surface area contributed by atoms with E-state index in [9.17, 15) is 0 Å². The Hall–Kier alpha value is -2.35. The highest BCUT2D eigenvalue weighted by molar-refractivity contribution is 5.69. The van der Waals surface area contributed by atoms with E-state index in [-0.39, 0.29) is 10.8 Å². The Morgan fingerprint density at radius 2 is 1.18 bits per heavy atom. The van der Waals surface area contributed by atoms with Gasteiger partial charge in [-0.25, -0.2) is 0 Å². The van der Waals surface area contributed by atoms with E-state index in [1.54, 1.807) is 0 Å². The highest BCUT2D eigenvalue weighted by Crippen LogP contribution is 2.30. The molecule has 0 fully saturated rings. The van der Waals surface area contributed by atoms with Gasteiger partial charge in [0.05, 0.1) is 0 Å². The molecular formula is C32H55N2+. The summed E-state index contributed by atoms with van der Waals surface area (Å²) in [7, 11) is 0. The van der Waals surface area contributed by atoms with Crippen molar-refractivity contribution in [1.29, 1.82) is 0 Å². The van der Waals surface area contributed by atoms with Crippen LogP contribution in [0.5, 0.6) is 0 Å². The molecule has 0 aromatic carbocycles. The molecule has 0 radical (unpaired) electrons. The third kappa shape index (κ3) is 9.87. The molecule has 2 aliphatic rings. The second-order valence-corrected chi connectivity index (χ2v) is 9.09. The maximum absolute atomic E-state index is 2.33. The number of hydrogen-bond donors (Lipinski definition) is 0. The number of aromatic nitrogens is 1. The van der Waals surface area contributed by atoms with Gasteiger partial charge in [0.2, 0.25) is 0 Å². The van der Waals surface area contributed by atoms with Crippen molar-refractivity contribution in [3.05, 3.63) is 78.3 Å². The Morgan fingerprint density at radius 1 is 0.676 bits per heavy atom. The van der Waals surface area contributed by atoms with Gasteiger partial charge in [0, 0.05) is 35.5 Å². The van der Waals surface area contributed by atoms with E-state index in [0.29, 0.717) is 6.04 Å². The van der Waals surface area contributed by atoms with Gasteiger partial charge < -0.3 is 4.40 Å². The molecule has 2 heteroatoms. The van der Waals surface area contributed by atoms with Crippen molar-refractivity contribution in [3.63, 3.8) is 0 Å². The van der Waals surface area contributed by atoms with Crippen LogP contribution in [0.15, 0.2) is 72.7 Å². The number of rotatable bonds is 0. The second-order valence-electron chi connectivity index (χ2n) is 9.09. The first kappa shape index (κ1) is 33.8. The van der Waals surface area contributed by atoms with Gasteiger partial charge >= 0.3 is 0 Å². The minimum absolute atomic E-state index is 0.223. The third-order valence-corrected chi connectivity index (χ3v) is 4.86. The van der Waals surface area contributed by atoms with Crippen LogP contribution in [-0.2, 0) is 5.41 Å². The van der Waals surface area contributed by atoms with E-state index < -0.39 is 0 Å². The molecule has 1 unspecified atom stereocenters. The summed E-state index contributed by atoms with van der Waals surface area (Å²) in [6, 6.07) is 9.02. The summed E-state index contributed by atoms with van der Waals surface area (Å²) in [5, 5.41) is 0. The SMILES string of the molecule is CC.CC.CC.CC.CC(C)(C)C1=CC=CC2C=CC=[N+]12.CC(C)(C)c1cccn2cccc12. The minimum atomic E-state index is 0.223. The molecule has 4 rings (SSSR count). The first-order valence-electron chi connectivity index (χ1n) is 13.4. The summed E-state index contributed by atoms with van der Waals surface area (Å²) < 4.78 is 4.50. The van der Waals surface area contributed by atoms with Crippen LogP contribution >= 0.6 is 0 Å². The molecule has 192 valence electrons. The summed E-state index contributed by atoms with van der Waals surface area (Å²) in [4.78, 5) is 0. The summed E-state index contributed by atoms with van der Waals surface area (Å²) in [5.74, 6) is 0. The lowest BCUT2D eigenvalue weighted by Gasteiger charge is -2.22. The largest absolute Gasteiger partial charge is 0.324 e. The van der Waals surface area contributed by atoms with Gasteiger partial charge in [-0.3, -0.25) is 0 Å². The maximum atomic E-state index is 2.33. The van der Waals surface area contributed by atoms with Gasteiger partial charge in [-0.15, -0.1) is 0 Å². The van der Waals surface area contributed by atoms with Gasteiger partial charge in [0.15, 0.2) is 18.0 Å². The zero-order valence-electron chi connectivity index (χ0n) is 24.9. The van der Waals surface area contributed by atoms with Crippen LogP contribution in [-0.4, -0.2) is 21.2 Å². The number of nitrogens with zero attached hydrogens (tertiary/aromatic N) is 2. The van der Waals surface area contributed by atoms with Crippen LogP contribution in [0.25, 0.3) is 5.52 Å². The zero-order valence-corrected chi connectivity index (χ0v) is 24.9. The number of pyridine rings is 1. The van der Waals surface area contributed by atoms with Gasteiger partial charge in [0.25, 0.3) is 0 Å². The fourth-order valence-electron chi connectivity index (χ4n) is 3.53. The summed E-state index contributed by atoms with van der Waals surface area (Å²) >= 11 is 0. The lowest BCUT2D eigenvalue weighted by Crippen LogP contribution is -2.29. The average molecular weight is 468 g/mol. The molecule has 0 amide bonds. The molecule has 34 heavy (non-hydrogen) atoms. The van der Waals surface area contributed by atoms with Crippen molar-refractivity contribution in [2.45, 2.75) is 108 Å². The Morgan fingerprint density at radius 3 is 1.68 bits per heavy atom. The van der Waals surface area contributed by atoms with Crippen LogP contribution in [0.4, 0.5) is 0 Å². The van der Waals surface area contributed by atoms with Crippen LogP contribution < -0.4 is 0 Å². The van der Waals surface area contributed by atoms with Crippen LogP contribution in [0.2, 0.25) is 0 Å². The third-order valence-electron chi connectivity index (χ3n) is 4.86. The Kier molecular flexibility index (Phi) is 17.0. The van der Waals surface area contributed by atoms with E-state index >= 15 is 0 Å². The molecule has 4 heterocycles. The summed E-state index contributed by atoms with van der Waals surface area (Å²) in [6.45, 7) is 29.5. The van der Waals surface area contributed by atoms with Crippen LogP contribution in [0.3, 0.4) is 0 Å². The lowest BCUT2D eigenvalue weighted by molar-refractivity contribution is -0.498. The van der Waals surface area contributed by atoms with E-state index in [1.165, 1.54) is 16.8 Å². The normalized spacial score (nSPS) is 15.2. The summed E-state index contributed by atoms with van der Waals surface area (Å²) in [6.07, 6.45) is 17.3. The first-order chi connectivity index (χ1) is 16.2. The second kappa shape index (κ2) is 17.1.